The highest BCUT2D eigenvalue weighted by atomic mass is 19.1. The zero-order chi connectivity index (χ0) is 19.1. The van der Waals surface area contributed by atoms with Crippen molar-refractivity contribution in [1.29, 1.82) is 0 Å². The van der Waals surface area contributed by atoms with Gasteiger partial charge < -0.3 is 10.3 Å². The van der Waals surface area contributed by atoms with Crippen LogP contribution in [0.25, 0.3) is 10.9 Å². The third-order valence-electron chi connectivity index (χ3n) is 4.99. The molecule has 3 nitrogen and oxygen atoms in total. The van der Waals surface area contributed by atoms with Crippen LogP contribution in [0.3, 0.4) is 0 Å². The van der Waals surface area contributed by atoms with E-state index in [9.17, 15) is 9.18 Å². The molecule has 142 valence electrons. The molecule has 0 saturated carbocycles. The number of halogens is 1. The zero-order valence-corrected chi connectivity index (χ0v) is 15.8. The van der Waals surface area contributed by atoms with Gasteiger partial charge in [-0.2, -0.15) is 0 Å². The first-order valence-electron chi connectivity index (χ1n) is 9.77. The number of amides is 1. The first kappa shape index (κ1) is 19.2. The van der Waals surface area contributed by atoms with E-state index in [1.54, 1.807) is 6.07 Å². The van der Waals surface area contributed by atoms with Gasteiger partial charge in [-0.25, -0.2) is 4.39 Å². The molecule has 3 rings (SSSR count). The van der Waals surface area contributed by atoms with Crippen molar-refractivity contribution in [1.82, 2.24) is 10.3 Å². The van der Waals surface area contributed by atoms with E-state index >= 15 is 0 Å². The molecule has 1 aromatic heterocycles. The number of para-hydroxylation sites is 1. The predicted octanol–water partition coefficient (Wildman–Crippen LogP) is 5.53. The molecule has 0 bridgehead atoms. The molecule has 2 N–H and O–H groups in total. The van der Waals surface area contributed by atoms with Gasteiger partial charge >= 0.3 is 0 Å². The third kappa shape index (κ3) is 4.97. The average Bonchev–Trinajstić information content (AvgIpc) is 3.10. The Hall–Kier alpha value is -2.62. The Balaban J connectivity index is 1.80. The number of nitrogens with one attached hydrogen (secondary N) is 2. The van der Waals surface area contributed by atoms with Crippen molar-refractivity contribution >= 4 is 16.8 Å². The molecule has 1 atom stereocenters. The van der Waals surface area contributed by atoms with E-state index < -0.39 is 0 Å². The molecule has 3 aromatic rings. The van der Waals surface area contributed by atoms with Crippen LogP contribution in [0, 0.1) is 5.82 Å². The minimum absolute atomic E-state index is 0.00559. The van der Waals surface area contributed by atoms with Crippen LogP contribution in [-0.4, -0.2) is 17.4 Å². The number of hydrogen-bond acceptors (Lipinski definition) is 1. The highest BCUT2D eigenvalue weighted by Crippen LogP contribution is 2.33. The van der Waals surface area contributed by atoms with Crippen molar-refractivity contribution in [3.8, 4) is 0 Å². The van der Waals surface area contributed by atoms with Crippen LogP contribution in [0.4, 0.5) is 4.39 Å². The number of carbonyl (C=O) groups is 1. The molecular formula is C23H27FN2O. The number of benzene rings is 2. The van der Waals surface area contributed by atoms with Gasteiger partial charge in [0.25, 0.3) is 0 Å². The fraction of sp³-hybridized carbons (Fsp3) is 0.348. The van der Waals surface area contributed by atoms with Crippen molar-refractivity contribution in [2.45, 2.75) is 44.9 Å². The van der Waals surface area contributed by atoms with Crippen molar-refractivity contribution < 1.29 is 9.18 Å². The molecule has 0 aliphatic heterocycles. The maximum absolute atomic E-state index is 13.8. The summed E-state index contributed by atoms with van der Waals surface area (Å²) >= 11 is 0. The van der Waals surface area contributed by atoms with Gasteiger partial charge in [-0.1, -0.05) is 56.5 Å². The van der Waals surface area contributed by atoms with Crippen molar-refractivity contribution in [3.63, 3.8) is 0 Å². The molecule has 0 aliphatic rings. The number of hydrogen-bond donors (Lipinski definition) is 2. The molecule has 0 aliphatic carbocycles. The average molecular weight is 366 g/mol. The van der Waals surface area contributed by atoms with E-state index in [0.29, 0.717) is 13.0 Å². The summed E-state index contributed by atoms with van der Waals surface area (Å²) in [6.07, 6.45) is 6.74. The monoisotopic (exact) mass is 366 g/mol. The second kappa shape index (κ2) is 9.36. The minimum Gasteiger partial charge on any atom is -0.361 e. The Kier molecular flexibility index (Phi) is 6.64. The van der Waals surface area contributed by atoms with Gasteiger partial charge in [0.15, 0.2) is 0 Å². The first-order chi connectivity index (χ1) is 13.2. The lowest BCUT2D eigenvalue weighted by atomic mass is 9.88. The summed E-state index contributed by atoms with van der Waals surface area (Å²) in [6.45, 7) is 2.87. The predicted molar refractivity (Wildman–Crippen MR) is 108 cm³/mol. The Morgan fingerprint density at radius 1 is 1.11 bits per heavy atom. The number of aromatic amines is 1. The third-order valence-corrected chi connectivity index (χ3v) is 4.99. The standard InChI is InChI=1S/C23H27FN2O/c1-2-3-4-7-13-25-23(27)15-20(17-9-8-10-18(24)14-17)21-16-26-22-12-6-5-11-19(21)22/h5-6,8-12,14,16,20,26H,2-4,7,13,15H2,1H3,(H,25,27)/t20-/m0/s1. The van der Waals surface area contributed by atoms with Crippen LogP contribution in [0.2, 0.25) is 0 Å². The smallest absolute Gasteiger partial charge is 0.220 e. The molecule has 2 aromatic carbocycles. The summed E-state index contributed by atoms with van der Waals surface area (Å²) in [5, 5.41) is 4.10. The normalized spacial score (nSPS) is 12.2. The molecular weight excluding hydrogens is 339 g/mol. The Morgan fingerprint density at radius 2 is 1.96 bits per heavy atom. The Labute approximate surface area is 160 Å². The SMILES string of the molecule is CCCCCCNC(=O)C[C@@H](c1cccc(F)c1)c1c[nH]c2ccccc12. The summed E-state index contributed by atoms with van der Waals surface area (Å²) in [6, 6.07) is 14.6. The van der Waals surface area contributed by atoms with E-state index in [1.807, 2.05) is 36.5 Å². The zero-order valence-electron chi connectivity index (χ0n) is 15.8. The summed E-state index contributed by atoms with van der Waals surface area (Å²) in [7, 11) is 0. The van der Waals surface area contributed by atoms with Crippen LogP contribution in [-0.2, 0) is 4.79 Å². The lowest BCUT2D eigenvalue weighted by molar-refractivity contribution is -0.121. The maximum Gasteiger partial charge on any atom is 0.220 e. The molecule has 0 fully saturated rings. The van der Waals surface area contributed by atoms with Gasteiger partial charge in [0, 0.05) is 36.0 Å². The van der Waals surface area contributed by atoms with Gasteiger partial charge in [0.1, 0.15) is 5.82 Å². The van der Waals surface area contributed by atoms with Crippen LogP contribution in [0.15, 0.2) is 54.7 Å². The number of carbonyl (C=O) groups excluding carboxylic acids is 1. The number of H-pyrrole nitrogens is 1. The van der Waals surface area contributed by atoms with Gasteiger partial charge in [0.05, 0.1) is 0 Å². The molecule has 0 spiro atoms. The number of rotatable bonds is 9. The summed E-state index contributed by atoms with van der Waals surface area (Å²) < 4.78 is 13.8. The van der Waals surface area contributed by atoms with Gasteiger partial charge in [0.2, 0.25) is 5.91 Å². The van der Waals surface area contributed by atoms with Crippen LogP contribution < -0.4 is 5.32 Å². The minimum atomic E-state index is -0.280. The van der Waals surface area contributed by atoms with E-state index in [0.717, 1.165) is 34.9 Å². The lowest BCUT2D eigenvalue weighted by Gasteiger charge is -2.17. The highest BCUT2D eigenvalue weighted by Gasteiger charge is 2.21. The second-order valence-electron chi connectivity index (χ2n) is 7.01. The Morgan fingerprint density at radius 3 is 2.78 bits per heavy atom. The Bertz CT molecular complexity index is 887. The summed E-state index contributed by atoms with van der Waals surface area (Å²) in [4.78, 5) is 15.8. The van der Waals surface area contributed by atoms with E-state index in [4.69, 9.17) is 0 Å². The first-order valence-corrected chi connectivity index (χ1v) is 9.77. The number of aromatic nitrogens is 1. The fourth-order valence-electron chi connectivity index (χ4n) is 3.55. The molecule has 0 unspecified atom stereocenters. The molecule has 1 amide bonds. The number of fused-ring (bicyclic) bond motifs is 1. The van der Waals surface area contributed by atoms with E-state index in [2.05, 4.69) is 17.2 Å². The summed E-state index contributed by atoms with van der Waals surface area (Å²) in [5.74, 6) is -0.462. The number of unbranched alkanes of at least 4 members (excludes halogenated alkanes) is 3. The highest BCUT2D eigenvalue weighted by molar-refractivity contribution is 5.86. The van der Waals surface area contributed by atoms with Crippen molar-refractivity contribution in [2.24, 2.45) is 0 Å². The largest absolute Gasteiger partial charge is 0.361 e. The molecule has 0 saturated heterocycles. The van der Waals surface area contributed by atoms with E-state index in [1.165, 1.54) is 25.0 Å². The van der Waals surface area contributed by atoms with Crippen LogP contribution in [0.5, 0.6) is 0 Å². The molecule has 1 heterocycles. The van der Waals surface area contributed by atoms with Gasteiger partial charge in [-0.15, -0.1) is 0 Å². The topological polar surface area (TPSA) is 44.9 Å². The van der Waals surface area contributed by atoms with Crippen molar-refractivity contribution in [2.75, 3.05) is 6.54 Å². The quantitative estimate of drug-likeness (QED) is 0.481. The van der Waals surface area contributed by atoms with Crippen LogP contribution >= 0.6 is 0 Å². The molecule has 4 heteroatoms. The lowest BCUT2D eigenvalue weighted by Crippen LogP contribution is -2.26. The molecule has 0 radical (unpaired) electrons. The molecule has 27 heavy (non-hydrogen) atoms. The van der Waals surface area contributed by atoms with Gasteiger partial charge in [-0.05, 0) is 35.7 Å². The fourth-order valence-corrected chi connectivity index (χ4v) is 3.55. The van der Waals surface area contributed by atoms with E-state index in [-0.39, 0.29) is 17.6 Å². The second-order valence-corrected chi connectivity index (χ2v) is 7.01. The summed E-state index contributed by atoms with van der Waals surface area (Å²) in [5.41, 5.74) is 2.87. The maximum atomic E-state index is 13.8. The van der Waals surface area contributed by atoms with Crippen LogP contribution in [0.1, 0.15) is 56.1 Å². The van der Waals surface area contributed by atoms with Gasteiger partial charge in [-0.3, -0.25) is 4.79 Å². The van der Waals surface area contributed by atoms with Crippen molar-refractivity contribution in [3.05, 3.63) is 71.7 Å².